The highest BCUT2D eigenvalue weighted by Crippen LogP contribution is 2.23. The van der Waals surface area contributed by atoms with Crippen LogP contribution in [-0.4, -0.2) is 100 Å². The third-order valence-corrected chi connectivity index (χ3v) is 14.5. The van der Waals surface area contributed by atoms with Gasteiger partial charge in [-0.3, -0.25) is 9.59 Å². The Bertz CT molecular complexity index is 1510. The van der Waals surface area contributed by atoms with Crippen molar-refractivity contribution in [1.29, 1.82) is 0 Å². The quantitative estimate of drug-likeness (QED) is 0.0195. The largest absolute Gasteiger partial charge is 0.466 e. The Labute approximate surface area is 471 Å². The van der Waals surface area contributed by atoms with E-state index in [9.17, 15) is 35.1 Å². The van der Waals surface area contributed by atoms with Gasteiger partial charge in [-0.25, -0.2) is 0 Å². The van der Waals surface area contributed by atoms with Crippen molar-refractivity contribution in [3.63, 3.8) is 0 Å². The molecule has 1 amide bonds. The predicted molar refractivity (Wildman–Crippen MR) is 319 cm³/mol. The number of esters is 1. The molecule has 0 radical (unpaired) electrons. The zero-order chi connectivity index (χ0) is 55.9. The van der Waals surface area contributed by atoms with Crippen molar-refractivity contribution in [3.8, 4) is 0 Å². The van der Waals surface area contributed by atoms with Crippen LogP contribution in [0.5, 0.6) is 0 Å². The van der Waals surface area contributed by atoms with Gasteiger partial charge < -0.3 is 45.1 Å². The van der Waals surface area contributed by atoms with E-state index in [4.69, 9.17) is 14.2 Å². The average Bonchev–Trinajstić information content (AvgIpc) is 3.43. The Morgan fingerprint density at radius 1 is 0.481 bits per heavy atom. The summed E-state index contributed by atoms with van der Waals surface area (Å²) in [6.45, 7) is 4.25. The van der Waals surface area contributed by atoms with E-state index in [-0.39, 0.29) is 18.5 Å². The summed E-state index contributed by atoms with van der Waals surface area (Å²) >= 11 is 0. The van der Waals surface area contributed by atoms with Gasteiger partial charge in [-0.15, -0.1) is 0 Å². The number of ether oxygens (including phenoxy) is 3. The third kappa shape index (κ3) is 44.5. The third-order valence-electron chi connectivity index (χ3n) is 14.5. The Balaban J connectivity index is 2.12. The van der Waals surface area contributed by atoms with E-state index in [0.717, 1.165) is 103 Å². The standard InChI is InChI=1S/C66H117NO10/c1-3-5-7-9-11-13-15-16-26-29-33-36-40-44-48-52-59(69)58(57-76-66-65(74)64(73)63(72)60(56-68)77-66)67-61(70)53-49-45-41-37-34-30-27-24-22-20-18-17-19-21-23-25-28-31-35-39-43-47-51-55-75-62(71)54-50-46-42-38-32-14-12-10-8-6-4-2/h10,12,15-17,19-20,22,33,36,48,52,58-60,63-66,68-69,72-74H,3-9,11,13-14,18,21,23-32,34-35,37-47,49-51,53-57H2,1-2H3,(H,67,70)/b12-10-,16-15+,19-17-,22-20-,36-33+,52-48+. The molecule has 11 heteroatoms. The lowest BCUT2D eigenvalue weighted by molar-refractivity contribution is -0.302. The fourth-order valence-corrected chi connectivity index (χ4v) is 9.42. The van der Waals surface area contributed by atoms with Crippen LogP contribution in [0.25, 0.3) is 0 Å². The molecule has 7 atom stereocenters. The number of carbonyl (C=O) groups excluding carboxylic acids is 2. The summed E-state index contributed by atoms with van der Waals surface area (Å²) in [7, 11) is 0. The summed E-state index contributed by atoms with van der Waals surface area (Å²) in [6, 6.07) is -0.844. The number of aliphatic hydroxyl groups excluding tert-OH is 5. The molecule has 0 aliphatic carbocycles. The highest BCUT2D eigenvalue weighted by Gasteiger charge is 2.44. The van der Waals surface area contributed by atoms with Crippen molar-refractivity contribution in [2.75, 3.05) is 19.8 Å². The van der Waals surface area contributed by atoms with Crippen LogP contribution in [0.3, 0.4) is 0 Å². The minimum absolute atomic E-state index is 0.0174. The first-order valence-corrected chi connectivity index (χ1v) is 31.7. The number of rotatable bonds is 54. The van der Waals surface area contributed by atoms with Gasteiger partial charge in [0.15, 0.2) is 6.29 Å². The van der Waals surface area contributed by atoms with Gasteiger partial charge in [0.25, 0.3) is 0 Å². The van der Waals surface area contributed by atoms with Gasteiger partial charge in [0, 0.05) is 12.8 Å². The summed E-state index contributed by atoms with van der Waals surface area (Å²) in [5.41, 5.74) is 0. The average molecular weight is 1080 g/mol. The molecule has 1 aliphatic heterocycles. The Kier molecular flexibility index (Phi) is 51.5. The summed E-state index contributed by atoms with van der Waals surface area (Å²) in [5.74, 6) is -0.225. The molecule has 0 aromatic rings. The van der Waals surface area contributed by atoms with Gasteiger partial charge in [0.1, 0.15) is 24.4 Å². The maximum atomic E-state index is 13.1. The van der Waals surface area contributed by atoms with Crippen LogP contribution in [0.2, 0.25) is 0 Å². The highest BCUT2D eigenvalue weighted by molar-refractivity contribution is 5.76. The van der Waals surface area contributed by atoms with E-state index >= 15 is 0 Å². The van der Waals surface area contributed by atoms with Crippen molar-refractivity contribution in [2.45, 2.75) is 314 Å². The number of hydrogen-bond acceptors (Lipinski definition) is 10. The van der Waals surface area contributed by atoms with Crippen molar-refractivity contribution in [1.82, 2.24) is 5.32 Å². The smallest absolute Gasteiger partial charge is 0.305 e. The molecule has 6 N–H and O–H groups in total. The first kappa shape index (κ1) is 72.1. The van der Waals surface area contributed by atoms with Crippen LogP contribution in [0.4, 0.5) is 0 Å². The minimum atomic E-state index is -1.59. The van der Waals surface area contributed by atoms with Crippen molar-refractivity contribution >= 4 is 11.9 Å². The summed E-state index contributed by atoms with van der Waals surface area (Å²) in [4.78, 5) is 25.1. The van der Waals surface area contributed by atoms with E-state index in [1.807, 2.05) is 6.08 Å². The normalized spacial score (nSPS) is 19.1. The van der Waals surface area contributed by atoms with E-state index in [2.05, 4.69) is 79.9 Å². The Morgan fingerprint density at radius 3 is 1.40 bits per heavy atom. The summed E-state index contributed by atoms with van der Waals surface area (Å²) in [5, 5.41) is 54.4. The van der Waals surface area contributed by atoms with E-state index in [1.165, 1.54) is 141 Å². The molecule has 0 saturated carbocycles. The zero-order valence-electron chi connectivity index (χ0n) is 49.2. The molecule has 0 bridgehead atoms. The molecule has 11 nitrogen and oxygen atoms in total. The lowest BCUT2D eigenvalue weighted by Crippen LogP contribution is -2.60. The highest BCUT2D eigenvalue weighted by atomic mass is 16.7. The number of carbonyl (C=O) groups is 2. The van der Waals surface area contributed by atoms with Gasteiger partial charge in [-0.1, -0.05) is 222 Å². The topological polar surface area (TPSA) is 175 Å². The molecule has 7 unspecified atom stereocenters. The first-order chi connectivity index (χ1) is 37.7. The van der Waals surface area contributed by atoms with Crippen LogP contribution in [0.15, 0.2) is 72.9 Å². The second kappa shape index (κ2) is 55.0. The van der Waals surface area contributed by atoms with Crippen LogP contribution >= 0.6 is 0 Å². The molecule has 1 heterocycles. The van der Waals surface area contributed by atoms with E-state index < -0.39 is 49.5 Å². The molecule has 1 fully saturated rings. The van der Waals surface area contributed by atoms with Gasteiger partial charge in [-0.05, 0) is 109 Å². The van der Waals surface area contributed by atoms with Crippen LogP contribution in [-0.2, 0) is 23.8 Å². The van der Waals surface area contributed by atoms with E-state index in [0.29, 0.717) is 19.4 Å². The fourth-order valence-electron chi connectivity index (χ4n) is 9.42. The molecule has 77 heavy (non-hydrogen) atoms. The summed E-state index contributed by atoms with van der Waals surface area (Å²) in [6.07, 6.45) is 62.8. The van der Waals surface area contributed by atoms with E-state index in [1.54, 1.807) is 6.08 Å². The molecular weight excluding hydrogens is 967 g/mol. The van der Waals surface area contributed by atoms with Crippen LogP contribution < -0.4 is 5.32 Å². The second-order valence-electron chi connectivity index (χ2n) is 21.7. The predicted octanol–water partition coefficient (Wildman–Crippen LogP) is 15.2. The zero-order valence-corrected chi connectivity index (χ0v) is 49.2. The lowest BCUT2D eigenvalue weighted by atomic mass is 9.99. The molecule has 0 spiro atoms. The molecule has 446 valence electrons. The Hall–Kier alpha value is -2.90. The van der Waals surface area contributed by atoms with Gasteiger partial charge in [-0.2, -0.15) is 0 Å². The summed E-state index contributed by atoms with van der Waals surface area (Å²) < 4.78 is 16.7. The lowest BCUT2D eigenvalue weighted by Gasteiger charge is -2.40. The molecular formula is C66H117NO10. The second-order valence-corrected chi connectivity index (χ2v) is 21.7. The fraction of sp³-hybridized carbons (Fsp3) is 0.788. The monoisotopic (exact) mass is 1080 g/mol. The molecule has 1 aliphatic rings. The van der Waals surface area contributed by atoms with Gasteiger partial charge in [0.2, 0.25) is 5.91 Å². The number of allylic oxidation sites excluding steroid dienone is 11. The van der Waals surface area contributed by atoms with Crippen LogP contribution in [0.1, 0.15) is 271 Å². The number of amides is 1. The SMILES string of the molecule is CCCC/C=C\CCCCCCCC(=O)OCCCCCCCCCCC/C=C\C/C=C\CCCCCCCCCC(=O)NC(COC1OC(CO)C(O)C(O)C1O)C(O)/C=C/CC/C=C/CC/C=C/CCCCCCC. The van der Waals surface area contributed by atoms with Gasteiger partial charge >= 0.3 is 5.97 Å². The van der Waals surface area contributed by atoms with Crippen molar-refractivity contribution < 1.29 is 49.3 Å². The van der Waals surface area contributed by atoms with Crippen LogP contribution in [0, 0.1) is 0 Å². The number of hydrogen-bond donors (Lipinski definition) is 6. The van der Waals surface area contributed by atoms with Crippen molar-refractivity contribution in [3.05, 3.63) is 72.9 Å². The van der Waals surface area contributed by atoms with Crippen molar-refractivity contribution in [2.24, 2.45) is 0 Å². The molecule has 1 saturated heterocycles. The Morgan fingerprint density at radius 2 is 0.896 bits per heavy atom. The van der Waals surface area contributed by atoms with Gasteiger partial charge in [0.05, 0.1) is 32.0 Å². The number of nitrogens with one attached hydrogen (secondary N) is 1. The first-order valence-electron chi connectivity index (χ1n) is 31.7. The number of aliphatic hydroxyl groups is 5. The minimum Gasteiger partial charge on any atom is -0.466 e. The molecule has 0 aromatic carbocycles. The maximum Gasteiger partial charge on any atom is 0.305 e. The molecule has 0 aromatic heterocycles. The number of unbranched alkanes of at least 4 members (excludes halogenated alkanes) is 30. The maximum absolute atomic E-state index is 13.1. The molecule has 1 rings (SSSR count).